The lowest BCUT2D eigenvalue weighted by Crippen LogP contribution is -1.92. The van der Waals surface area contributed by atoms with Gasteiger partial charge in [-0.2, -0.15) is 0 Å². The van der Waals surface area contributed by atoms with Gasteiger partial charge in [0.05, 0.1) is 12.3 Å². The molecule has 2 aromatic heterocycles. The molecule has 3 heteroatoms. The molecule has 15 heavy (non-hydrogen) atoms. The van der Waals surface area contributed by atoms with Crippen LogP contribution < -0.4 is 0 Å². The maximum absolute atomic E-state index is 9.23. The summed E-state index contributed by atoms with van der Waals surface area (Å²) in [5, 5.41) is 10.2. The summed E-state index contributed by atoms with van der Waals surface area (Å²) >= 11 is 0. The molecule has 0 aliphatic heterocycles. The molecule has 0 bridgehead atoms. The van der Waals surface area contributed by atoms with Gasteiger partial charge in [0, 0.05) is 23.6 Å². The number of nitrogens with zero attached hydrogens (tertiary/aromatic N) is 1. The topological polar surface area (TPSA) is 46.3 Å². The van der Waals surface area contributed by atoms with E-state index in [0.29, 0.717) is 5.69 Å². The fourth-order valence-corrected chi connectivity index (χ4v) is 2.01. The molecule has 0 atom stereocenters. The lowest BCUT2D eigenvalue weighted by molar-refractivity contribution is 0.278. The summed E-state index contributed by atoms with van der Waals surface area (Å²) < 4.78 is 5.73. The Balaban J connectivity index is 2.78. The summed E-state index contributed by atoms with van der Waals surface area (Å²) in [6.45, 7) is 4.13. The van der Waals surface area contributed by atoms with Crippen LogP contribution in [0.15, 0.2) is 16.7 Å². The van der Waals surface area contributed by atoms with E-state index in [1.807, 2.05) is 6.07 Å². The standard InChI is InChI=1S/C12H15NO2/c1-3-8-10(4-2)15-11-5-6-13-9(7-14)12(8)11/h5-6,14H,3-4,7H2,1-2H3. The highest BCUT2D eigenvalue weighted by Gasteiger charge is 2.14. The molecule has 0 aromatic carbocycles. The number of fused-ring (bicyclic) bond motifs is 1. The van der Waals surface area contributed by atoms with Crippen LogP contribution in [0.5, 0.6) is 0 Å². The Morgan fingerprint density at radius 2 is 2.13 bits per heavy atom. The smallest absolute Gasteiger partial charge is 0.138 e. The van der Waals surface area contributed by atoms with E-state index >= 15 is 0 Å². The van der Waals surface area contributed by atoms with Gasteiger partial charge in [0.1, 0.15) is 11.3 Å². The zero-order valence-corrected chi connectivity index (χ0v) is 9.08. The highest BCUT2D eigenvalue weighted by Crippen LogP contribution is 2.28. The maximum Gasteiger partial charge on any atom is 0.138 e. The van der Waals surface area contributed by atoms with E-state index in [1.165, 1.54) is 5.56 Å². The highest BCUT2D eigenvalue weighted by molar-refractivity contribution is 5.84. The van der Waals surface area contributed by atoms with Crippen molar-refractivity contribution in [2.24, 2.45) is 0 Å². The molecule has 2 aromatic rings. The molecule has 2 rings (SSSR count). The highest BCUT2D eigenvalue weighted by atomic mass is 16.3. The van der Waals surface area contributed by atoms with E-state index in [0.717, 1.165) is 29.6 Å². The average molecular weight is 205 g/mol. The molecule has 2 heterocycles. The van der Waals surface area contributed by atoms with Crippen molar-refractivity contribution in [2.45, 2.75) is 33.3 Å². The van der Waals surface area contributed by atoms with Gasteiger partial charge in [-0.05, 0) is 12.5 Å². The number of aryl methyl sites for hydroxylation is 2. The van der Waals surface area contributed by atoms with Crippen LogP contribution in [0.1, 0.15) is 30.9 Å². The fraction of sp³-hybridized carbons (Fsp3) is 0.417. The third kappa shape index (κ3) is 1.53. The number of rotatable bonds is 3. The Kier molecular flexibility index (Phi) is 2.73. The normalized spacial score (nSPS) is 11.1. The first-order valence-electron chi connectivity index (χ1n) is 5.30. The third-order valence-electron chi connectivity index (χ3n) is 2.69. The Bertz CT molecular complexity index is 474. The van der Waals surface area contributed by atoms with Crippen molar-refractivity contribution in [2.75, 3.05) is 0 Å². The largest absolute Gasteiger partial charge is 0.461 e. The predicted molar refractivity (Wildman–Crippen MR) is 58.7 cm³/mol. The second-order valence-corrected chi connectivity index (χ2v) is 3.50. The van der Waals surface area contributed by atoms with Crippen molar-refractivity contribution in [3.8, 4) is 0 Å². The molecule has 0 unspecified atom stereocenters. The van der Waals surface area contributed by atoms with Crippen molar-refractivity contribution in [3.05, 3.63) is 29.3 Å². The van der Waals surface area contributed by atoms with Crippen LogP contribution >= 0.6 is 0 Å². The second kappa shape index (κ2) is 4.03. The van der Waals surface area contributed by atoms with Crippen LogP contribution in [0, 0.1) is 0 Å². The lowest BCUT2D eigenvalue weighted by atomic mass is 10.1. The second-order valence-electron chi connectivity index (χ2n) is 3.50. The molecule has 0 spiro atoms. The molecule has 0 radical (unpaired) electrons. The Morgan fingerprint density at radius 3 is 2.73 bits per heavy atom. The molecule has 0 fully saturated rings. The first-order chi connectivity index (χ1) is 7.31. The molecule has 0 amide bonds. The number of pyridine rings is 1. The minimum absolute atomic E-state index is 0.0347. The van der Waals surface area contributed by atoms with Gasteiger partial charge < -0.3 is 9.52 Å². The predicted octanol–water partition coefficient (Wildman–Crippen LogP) is 2.44. The van der Waals surface area contributed by atoms with Crippen molar-refractivity contribution in [1.29, 1.82) is 0 Å². The number of hydrogen-bond donors (Lipinski definition) is 1. The van der Waals surface area contributed by atoms with Crippen LogP contribution in [-0.2, 0) is 19.4 Å². The summed E-state index contributed by atoms with van der Waals surface area (Å²) in [4.78, 5) is 4.17. The first kappa shape index (κ1) is 10.2. The van der Waals surface area contributed by atoms with E-state index in [-0.39, 0.29) is 6.61 Å². The number of furan rings is 1. The quantitative estimate of drug-likeness (QED) is 0.837. The Morgan fingerprint density at radius 1 is 1.33 bits per heavy atom. The van der Waals surface area contributed by atoms with Gasteiger partial charge in [-0.3, -0.25) is 4.98 Å². The van der Waals surface area contributed by atoms with E-state index in [1.54, 1.807) is 6.20 Å². The van der Waals surface area contributed by atoms with E-state index in [9.17, 15) is 5.11 Å². The summed E-state index contributed by atoms with van der Waals surface area (Å²) in [6, 6.07) is 1.85. The van der Waals surface area contributed by atoms with Crippen LogP contribution in [0.25, 0.3) is 11.0 Å². The Labute approximate surface area is 88.7 Å². The monoisotopic (exact) mass is 205 g/mol. The van der Waals surface area contributed by atoms with Crippen LogP contribution in [-0.4, -0.2) is 10.1 Å². The minimum atomic E-state index is -0.0347. The molecule has 80 valence electrons. The summed E-state index contributed by atoms with van der Waals surface area (Å²) in [5.74, 6) is 1.01. The zero-order valence-electron chi connectivity index (χ0n) is 9.08. The van der Waals surface area contributed by atoms with Crippen LogP contribution in [0.4, 0.5) is 0 Å². The van der Waals surface area contributed by atoms with Gasteiger partial charge in [-0.15, -0.1) is 0 Å². The first-order valence-corrected chi connectivity index (χ1v) is 5.30. The van der Waals surface area contributed by atoms with Gasteiger partial charge in [0.15, 0.2) is 0 Å². The Hall–Kier alpha value is -1.35. The molecular weight excluding hydrogens is 190 g/mol. The molecule has 0 aliphatic carbocycles. The minimum Gasteiger partial charge on any atom is -0.461 e. The molecule has 0 saturated heterocycles. The fourth-order valence-electron chi connectivity index (χ4n) is 2.01. The molecular formula is C12H15NO2. The summed E-state index contributed by atoms with van der Waals surface area (Å²) in [7, 11) is 0. The van der Waals surface area contributed by atoms with E-state index in [2.05, 4.69) is 18.8 Å². The van der Waals surface area contributed by atoms with Crippen molar-refractivity contribution < 1.29 is 9.52 Å². The maximum atomic E-state index is 9.23. The number of aliphatic hydroxyl groups is 1. The van der Waals surface area contributed by atoms with E-state index < -0.39 is 0 Å². The number of hydrogen-bond acceptors (Lipinski definition) is 3. The van der Waals surface area contributed by atoms with Gasteiger partial charge in [-0.25, -0.2) is 0 Å². The summed E-state index contributed by atoms with van der Waals surface area (Å²) in [6.07, 6.45) is 3.47. The van der Waals surface area contributed by atoms with Crippen molar-refractivity contribution >= 4 is 11.0 Å². The lowest BCUT2D eigenvalue weighted by Gasteiger charge is -1.99. The molecule has 0 aliphatic rings. The molecule has 0 saturated carbocycles. The average Bonchev–Trinajstić information content (AvgIpc) is 2.66. The SMILES string of the molecule is CCc1oc2ccnc(CO)c2c1CC. The van der Waals surface area contributed by atoms with Crippen molar-refractivity contribution in [1.82, 2.24) is 4.98 Å². The molecule has 1 N–H and O–H groups in total. The summed E-state index contributed by atoms with van der Waals surface area (Å²) in [5.41, 5.74) is 2.74. The van der Waals surface area contributed by atoms with Gasteiger partial charge in [0.25, 0.3) is 0 Å². The number of aliphatic hydroxyl groups excluding tert-OH is 1. The third-order valence-corrected chi connectivity index (χ3v) is 2.69. The van der Waals surface area contributed by atoms with Crippen molar-refractivity contribution in [3.63, 3.8) is 0 Å². The number of aromatic nitrogens is 1. The van der Waals surface area contributed by atoms with Gasteiger partial charge in [-0.1, -0.05) is 13.8 Å². The van der Waals surface area contributed by atoms with Gasteiger partial charge in [0.2, 0.25) is 0 Å². The van der Waals surface area contributed by atoms with Crippen LogP contribution in [0.2, 0.25) is 0 Å². The van der Waals surface area contributed by atoms with Crippen LogP contribution in [0.3, 0.4) is 0 Å². The zero-order chi connectivity index (χ0) is 10.8. The van der Waals surface area contributed by atoms with E-state index in [4.69, 9.17) is 4.42 Å². The molecule has 3 nitrogen and oxygen atoms in total. The van der Waals surface area contributed by atoms with Gasteiger partial charge >= 0.3 is 0 Å².